The van der Waals surface area contributed by atoms with E-state index >= 15 is 0 Å². The average molecular weight is 471 g/mol. The molecule has 4 atom stereocenters. The van der Waals surface area contributed by atoms with Gasteiger partial charge in [0.15, 0.2) is 5.78 Å². The molecule has 1 aromatic carbocycles. The molecule has 0 unspecified atom stereocenters. The van der Waals surface area contributed by atoms with Gasteiger partial charge in [0.05, 0.1) is 17.0 Å². The fourth-order valence-electron chi connectivity index (χ4n) is 3.52. The molecule has 5 N–H and O–H groups in total. The van der Waals surface area contributed by atoms with E-state index in [0.29, 0.717) is 5.57 Å². The van der Waals surface area contributed by atoms with Gasteiger partial charge in [-0.3, -0.25) is 9.59 Å². The summed E-state index contributed by atoms with van der Waals surface area (Å²) in [5.41, 5.74) is -1.32. The van der Waals surface area contributed by atoms with Crippen molar-refractivity contribution in [1.29, 1.82) is 0 Å². The Morgan fingerprint density at radius 1 is 1.35 bits per heavy atom. The van der Waals surface area contributed by atoms with E-state index in [4.69, 9.17) is 11.6 Å². The second-order valence-corrected chi connectivity index (χ2v) is 9.78. The third kappa shape index (κ3) is 5.59. The molecule has 9 nitrogen and oxygen atoms in total. The second kappa shape index (κ2) is 9.19. The number of Topliss-reactive ketones (excluding diaryl/α,β-unsaturated/α-hetero) is 1. The summed E-state index contributed by atoms with van der Waals surface area (Å²) < 4.78 is 27.2. The normalized spacial score (nSPS) is 27.0. The molecule has 1 aromatic rings. The summed E-state index contributed by atoms with van der Waals surface area (Å²) in [6.07, 6.45) is 3.48. The zero-order valence-electron chi connectivity index (χ0n) is 16.4. The van der Waals surface area contributed by atoms with Crippen LogP contribution >= 0.6 is 11.6 Å². The van der Waals surface area contributed by atoms with Gasteiger partial charge in [-0.25, -0.2) is 8.42 Å². The van der Waals surface area contributed by atoms with Crippen molar-refractivity contribution < 1.29 is 33.3 Å². The molecule has 1 saturated heterocycles. The van der Waals surface area contributed by atoms with Crippen LogP contribution in [0.3, 0.4) is 0 Å². The second-order valence-electron chi connectivity index (χ2n) is 7.63. The molecule has 31 heavy (non-hydrogen) atoms. The van der Waals surface area contributed by atoms with Crippen LogP contribution < -0.4 is 10.0 Å². The van der Waals surface area contributed by atoms with Crippen molar-refractivity contribution in [3.63, 3.8) is 0 Å². The number of carboxylic acid groups (broad SMARTS) is 1. The lowest BCUT2D eigenvalue weighted by molar-refractivity contribution is -0.139. The number of aliphatic hydroxyl groups excluding tert-OH is 1. The molecule has 0 aromatic heterocycles. The highest BCUT2D eigenvalue weighted by Crippen LogP contribution is 2.27. The monoisotopic (exact) mass is 470 g/mol. The maximum absolute atomic E-state index is 12.6. The number of carbonyl (C=O) groups excluding carboxylic acids is 1. The van der Waals surface area contributed by atoms with Crippen LogP contribution in [-0.4, -0.2) is 65.8 Å². The minimum absolute atomic E-state index is 0.0840. The molecule has 1 aliphatic carbocycles. The predicted octanol–water partition coefficient (Wildman–Crippen LogP) is 0.371. The molecule has 11 heteroatoms. The van der Waals surface area contributed by atoms with Gasteiger partial charge in [-0.2, -0.15) is 4.72 Å². The van der Waals surface area contributed by atoms with E-state index in [1.807, 2.05) is 0 Å². The Bertz CT molecular complexity index is 1040. The first-order valence-corrected chi connectivity index (χ1v) is 11.4. The van der Waals surface area contributed by atoms with Crippen LogP contribution in [0.25, 0.3) is 0 Å². The van der Waals surface area contributed by atoms with Crippen LogP contribution in [0.5, 0.6) is 0 Å². The van der Waals surface area contributed by atoms with Crippen molar-refractivity contribution >= 4 is 33.4 Å². The van der Waals surface area contributed by atoms with Gasteiger partial charge in [-0.05, 0) is 42.7 Å². The third-order valence-electron chi connectivity index (χ3n) is 5.24. The van der Waals surface area contributed by atoms with Crippen LogP contribution in [0.2, 0.25) is 5.02 Å². The maximum Gasteiger partial charge on any atom is 0.322 e. The van der Waals surface area contributed by atoms with Gasteiger partial charge in [0.2, 0.25) is 10.0 Å². The molecule has 1 aliphatic heterocycles. The molecule has 0 spiro atoms. The van der Waals surface area contributed by atoms with E-state index < -0.39 is 45.6 Å². The first-order valence-electron chi connectivity index (χ1n) is 9.57. The Morgan fingerprint density at radius 3 is 2.65 bits per heavy atom. The van der Waals surface area contributed by atoms with Crippen molar-refractivity contribution in [1.82, 2.24) is 10.0 Å². The summed E-state index contributed by atoms with van der Waals surface area (Å²) in [6, 6.07) is 3.31. The summed E-state index contributed by atoms with van der Waals surface area (Å²) in [7, 11) is -4.13. The summed E-state index contributed by atoms with van der Waals surface area (Å²) in [6.45, 7) is 0.268. The van der Waals surface area contributed by atoms with Crippen LogP contribution in [-0.2, 0) is 19.6 Å². The van der Waals surface area contributed by atoms with Crippen molar-refractivity contribution in [2.24, 2.45) is 0 Å². The highest BCUT2D eigenvalue weighted by molar-refractivity contribution is 7.89. The fourth-order valence-corrected chi connectivity index (χ4v) is 5.01. The van der Waals surface area contributed by atoms with Crippen LogP contribution in [0, 0.1) is 0 Å². The quantitative estimate of drug-likeness (QED) is 0.365. The zero-order chi connectivity index (χ0) is 22.8. The topological polar surface area (TPSA) is 153 Å². The van der Waals surface area contributed by atoms with Crippen molar-refractivity contribution in [3.8, 4) is 0 Å². The van der Waals surface area contributed by atoms with Crippen molar-refractivity contribution in [3.05, 3.63) is 53.1 Å². The Hall–Kier alpha value is -2.08. The molecule has 168 valence electrons. The van der Waals surface area contributed by atoms with E-state index in [1.54, 1.807) is 0 Å². The minimum atomic E-state index is -4.13. The van der Waals surface area contributed by atoms with Crippen LogP contribution in [0.4, 0.5) is 0 Å². The Labute approximate surface area is 184 Å². The van der Waals surface area contributed by atoms with Gasteiger partial charge in [0.25, 0.3) is 0 Å². The summed E-state index contributed by atoms with van der Waals surface area (Å²) >= 11 is 5.82. The van der Waals surface area contributed by atoms with Crippen LogP contribution in [0.1, 0.15) is 19.3 Å². The fraction of sp³-hybridized carbons (Fsp3) is 0.400. The molecule has 2 aliphatic rings. The van der Waals surface area contributed by atoms with Gasteiger partial charge >= 0.3 is 5.97 Å². The summed E-state index contributed by atoms with van der Waals surface area (Å²) in [5, 5.41) is 32.8. The lowest BCUT2D eigenvalue weighted by Crippen LogP contribution is -2.47. The van der Waals surface area contributed by atoms with Crippen molar-refractivity contribution in [2.75, 3.05) is 6.54 Å². The lowest BCUT2D eigenvalue weighted by Gasteiger charge is -2.28. The molecule has 3 rings (SSSR count). The minimum Gasteiger partial charge on any atom is -0.480 e. The lowest BCUT2D eigenvalue weighted by atomic mass is 9.83. The number of carboxylic acids is 1. The number of allylic oxidation sites excluding steroid dienone is 1. The largest absolute Gasteiger partial charge is 0.480 e. The van der Waals surface area contributed by atoms with Gasteiger partial charge < -0.3 is 20.6 Å². The third-order valence-corrected chi connectivity index (χ3v) is 6.95. The standard InChI is InChI=1S/C20H23ClN2O7S/c21-13-2-1-3-15(9-13)31(29,30)23-17(19(26)27)8-12-4-6-20(28,7-5-12)18(25)16-10-14(24)11-22-16/h1-6,9,14,16-17,22-24,28H,7-8,10-11H2,(H,26,27)/t14-,16+,17+,20+/m1/s1. The molecule has 1 fully saturated rings. The number of nitrogens with one attached hydrogen (secondary N) is 2. The van der Waals surface area contributed by atoms with Gasteiger partial charge in [-0.15, -0.1) is 0 Å². The van der Waals surface area contributed by atoms with Crippen LogP contribution in [0.15, 0.2) is 53.0 Å². The van der Waals surface area contributed by atoms with Gasteiger partial charge in [0.1, 0.15) is 11.6 Å². The molecular formula is C20H23ClN2O7S. The summed E-state index contributed by atoms with van der Waals surface area (Å²) in [4.78, 5) is 24.1. The molecular weight excluding hydrogens is 448 g/mol. The number of aliphatic hydroxyl groups is 2. The number of sulfonamides is 1. The highest BCUT2D eigenvalue weighted by Gasteiger charge is 2.41. The number of hydrogen-bond acceptors (Lipinski definition) is 7. The Balaban J connectivity index is 1.68. The highest BCUT2D eigenvalue weighted by atomic mass is 35.5. The van der Waals surface area contributed by atoms with E-state index in [1.165, 1.54) is 42.5 Å². The maximum atomic E-state index is 12.6. The number of benzene rings is 1. The molecule has 0 saturated carbocycles. The smallest absolute Gasteiger partial charge is 0.322 e. The number of halogens is 1. The predicted molar refractivity (Wildman–Crippen MR) is 112 cm³/mol. The number of rotatable bonds is 8. The first kappa shape index (κ1) is 23.6. The van der Waals surface area contributed by atoms with Crippen molar-refractivity contribution in [2.45, 2.75) is 47.9 Å². The van der Waals surface area contributed by atoms with E-state index in [-0.39, 0.29) is 35.7 Å². The average Bonchev–Trinajstić information content (AvgIpc) is 3.14. The summed E-state index contributed by atoms with van der Waals surface area (Å²) in [5.74, 6) is -1.85. The van der Waals surface area contributed by atoms with E-state index in [9.17, 15) is 33.3 Å². The SMILES string of the molecule is O=C(O)[C@H](CC1=CC[C@](O)(C(=O)[C@@H]2C[C@@H](O)CN2)C=C1)NS(=O)(=O)c1cccc(Cl)c1. The Kier molecular flexibility index (Phi) is 6.99. The molecule has 0 radical (unpaired) electrons. The number of ketones is 1. The van der Waals surface area contributed by atoms with Gasteiger partial charge in [-0.1, -0.05) is 29.8 Å². The number of hydrogen-bond donors (Lipinski definition) is 5. The van der Waals surface area contributed by atoms with Gasteiger partial charge in [0, 0.05) is 18.0 Å². The zero-order valence-corrected chi connectivity index (χ0v) is 17.9. The number of aliphatic carboxylic acids is 1. The first-order chi connectivity index (χ1) is 14.5. The number of carbonyl (C=O) groups is 2. The molecule has 0 amide bonds. The Morgan fingerprint density at radius 2 is 2.10 bits per heavy atom. The molecule has 1 heterocycles. The van der Waals surface area contributed by atoms with E-state index in [0.717, 1.165) is 0 Å². The number of β-amino-alcohol motifs (C(OH)–C–C–N with tert-alkyl or cyclic N) is 1. The van der Waals surface area contributed by atoms with E-state index in [2.05, 4.69) is 10.0 Å². The molecule has 0 bridgehead atoms.